The number of carbonyl (C=O) groups is 1. The largest absolute Gasteiger partial charge is 0.507 e. The number of terminal acetylenes is 1. The van der Waals surface area contributed by atoms with Gasteiger partial charge in [-0.1, -0.05) is 30.2 Å². The predicted octanol–water partition coefficient (Wildman–Crippen LogP) is 3.59. The minimum absolute atomic E-state index is 0.0568. The second-order valence-electron chi connectivity index (χ2n) is 7.61. The lowest BCUT2D eigenvalue weighted by molar-refractivity contribution is -0.129. The molecule has 30 heavy (non-hydrogen) atoms. The summed E-state index contributed by atoms with van der Waals surface area (Å²) in [6.45, 7) is 8.67. The van der Waals surface area contributed by atoms with Gasteiger partial charge in [0.25, 0.3) is 0 Å². The molecule has 0 radical (unpaired) electrons. The molecule has 5 nitrogen and oxygen atoms in total. The summed E-state index contributed by atoms with van der Waals surface area (Å²) in [6, 6.07) is 7.05. The lowest BCUT2D eigenvalue weighted by atomic mass is 9.91. The molecule has 1 N–H and O–H groups in total. The standard InChI is InChI=1S/C24H23ClN2O3/c1-4-16-11-17-12-26-9-10-27(21(29)5-2)13-18(26)14-30-24(17)15(3)22(16)23-19(25)7-6-8-20(23)28/h1,5-8,11,18,28H,2,9-10,12-14H2,3H3/t18-/m1/s1. The molecule has 2 aliphatic heterocycles. The number of amides is 1. The first-order valence-corrected chi connectivity index (χ1v) is 10.2. The molecule has 2 heterocycles. The Kier molecular flexibility index (Phi) is 5.46. The topological polar surface area (TPSA) is 53.0 Å². The minimum atomic E-state index is -0.0568. The number of halogens is 1. The van der Waals surface area contributed by atoms with E-state index in [0.717, 1.165) is 23.4 Å². The first-order chi connectivity index (χ1) is 14.4. The van der Waals surface area contributed by atoms with Crippen molar-refractivity contribution >= 4 is 17.5 Å². The summed E-state index contributed by atoms with van der Waals surface area (Å²) in [4.78, 5) is 16.2. The van der Waals surface area contributed by atoms with Crippen LogP contribution < -0.4 is 4.74 Å². The van der Waals surface area contributed by atoms with Crippen molar-refractivity contribution in [1.29, 1.82) is 0 Å². The summed E-state index contributed by atoms with van der Waals surface area (Å²) in [5.41, 5.74) is 3.74. The molecule has 4 rings (SSSR count). The number of aromatic hydroxyl groups is 1. The maximum atomic E-state index is 12.0. The zero-order valence-electron chi connectivity index (χ0n) is 16.8. The van der Waals surface area contributed by atoms with Gasteiger partial charge >= 0.3 is 0 Å². The molecule has 1 fully saturated rings. The van der Waals surface area contributed by atoms with Crippen molar-refractivity contribution in [1.82, 2.24) is 9.80 Å². The Morgan fingerprint density at radius 2 is 2.20 bits per heavy atom. The van der Waals surface area contributed by atoms with Crippen LogP contribution >= 0.6 is 11.6 Å². The number of fused-ring (bicyclic) bond motifs is 2. The third-order valence-corrected chi connectivity index (χ3v) is 6.19. The van der Waals surface area contributed by atoms with Gasteiger partial charge in [0.2, 0.25) is 5.91 Å². The third kappa shape index (κ3) is 3.43. The van der Waals surface area contributed by atoms with Gasteiger partial charge in [-0.05, 0) is 31.2 Å². The van der Waals surface area contributed by atoms with Gasteiger partial charge in [0.05, 0.1) is 11.1 Å². The van der Waals surface area contributed by atoms with Crippen LogP contribution in [0.15, 0.2) is 36.9 Å². The lowest BCUT2D eigenvalue weighted by Gasteiger charge is -2.39. The van der Waals surface area contributed by atoms with Crippen molar-refractivity contribution in [3.8, 4) is 35.0 Å². The van der Waals surface area contributed by atoms with E-state index in [0.29, 0.717) is 48.0 Å². The van der Waals surface area contributed by atoms with Crippen LogP contribution in [0.4, 0.5) is 0 Å². The number of phenolic OH excluding ortho intramolecular Hbond substituents is 1. The Morgan fingerprint density at radius 1 is 1.40 bits per heavy atom. The average molecular weight is 423 g/mol. The minimum Gasteiger partial charge on any atom is -0.507 e. The molecule has 0 spiro atoms. The molecule has 0 aromatic heterocycles. The van der Waals surface area contributed by atoms with E-state index in [1.165, 1.54) is 6.08 Å². The molecule has 0 unspecified atom stereocenters. The summed E-state index contributed by atoms with van der Waals surface area (Å²) >= 11 is 6.42. The zero-order valence-corrected chi connectivity index (χ0v) is 17.6. The highest BCUT2D eigenvalue weighted by Gasteiger charge is 2.33. The van der Waals surface area contributed by atoms with E-state index in [2.05, 4.69) is 17.4 Å². The van der Waals surface area contributed by atoms with Crippen molar-refractivity contribution in [2.45, 2.75) is 19.5 Å². The van der Waals surface area contributed by atoms with Crippen LogP contribution in [-0.4, -0.2) is 53.1 Å². The molecule has 1 saturated heterocycles. The van der Waals surface area contributed by atoms with E-state index < -0.39 is 0 Å². The van der Waals surface area contributed by atoms with Crippen LogP contribution in [0.3, 0.4) is 0 Å². The van der Waals surface area contributed by atoms with E-state index in [4.69, 9.17) is 22.8 Å². The van der Waals surface area contributed by atoms with Gasteiger partial charge in [-0.2, -0.15) is 0 Å². The van der Waals surface area contributed by atoms with Gasteiger partial charge in [-0.3, -0.25) is 9.69 Å². The number of hydrogen-bond donors (Lipinski definition) is 1. The summed E-state index contributed by atoms with van der Waals surface area (Å²) in [6.07, 6.45) is 7.20. The number of carbonyl (C=O) groups excluding carboxylic acids is 1. The Hall–Kier alpha value is -2.94. The Bertz CT molecular complexity index is 1050. The van der Waals surface area contributed by atoms with Gasteiger partial charge in [0.15, 0.2) is 0 Å². The smallest absolute Gasteiger partial charge is 0.246 e. The highest BCUT2D eigenvalue weighted by molar-refractivity contribution is 6.33. The molecule has 1 atom stereocenters. The maximum absolute atomic E-state index is 12.0. The number of phenols is 1. The monoisotopic (exact) mass is 422 g/mol. The van der Waals surface area contributed by atoms with E-state index in [-0.39, 0.29) is 17.7 Å². The summed E-state index contributed by atoms with van der Waals surface area (Å²) in [7, 11) is 0. The van der Waals surface area contributed by atoms with Crippen molar-refractivity contribution in [3.63, 3.8) is 0 Å². The first-order valence-electron chi connectivity index (χ1n) is 9.83. The molecule has 1 amide bonds. The van der Waals surface area contributed by atoms with Crippen LogP contribution in [0, 0.1) is 19.3 Å². The molecule has 2 aliphatic rings. The maximum Gasteiger partial charge on any atom is 0.246 e. The van der Waals surface area contributed by atoms with Gasteiger partial charge in [0.1, 0.15) is 18.1 Å². The van der Waals surface area contributed by atoms with E-state index in [9.17, 15) is 9.90 Å². The molecular formula is C24H23ClN2O3. The molecular weight excluding hydrogens is 400 g/mol. The predicted molar refractivity (Wildman–Crippen MR) is 118 cm³/mol. The average Bonchev–Trinajstić information content (AvgIpc) is 2.93. The number of ether oxygens (including phenoxy) is 1. The highest BCUT2D eigenvalue weighted by Crippen LogP contribution is 2.44. The first kappa shape index (κ1) is 20.3. The Labute approximate surface area is 181 Å². The van der Waals surface area contributed by atoms with E-state index >= 15 is 0 Å². The van der Waals surface area contributed by atoms with Crippen LogP contribution in [0.1, 0.15) is 16.7 Å². The molecule has 154 valence electrons. The number of piperazine rings is 1. The summed E-state index contributed by atoms with van der Waals surface area (Å²) < 4.78 is 6.25. The second kappa shape index (κ2) is 8.06. The van der Waals surface area contributed by atoms with Crippen molar-refractivity contribution in [2.24, 2.45) is 0 Å². The summed E-state index contributed by atoms with van der Waals surface area (Å²) in [5.74, 6) is 3.54. The van der Waals surface area contributed by atoms with Gasteiger partial charge < -0.3 is 14.7 Å². The molecule has 0 saturated carbocycles. The molecule has 2 aromatic carbocycles. The quantitative estimate of drug-likeness (QED) is 0.593. The van der Waals surface area contributed by atoms with Crippen LogP contribution in [0.5, 0.6) is 11.5 Å². The van der Waals surface area contributed by atoms with Crippen molar-refractivity contribution in [2.75, 3.05) is 26.2 Å². The fourth-order valence-corrected chi connectivity index (χ4v) is 4.63. The number of rotatable bonds is 2. The number of benzene rings is 2. The van der Waals surface area contributed by atoms with Crippen LogP contribution in [0.25, 0.3) is 11.1 Å². The second-order valence-corrected chi connectivity index (χ2v) is 8.02. The normalized spacial score (nSPS) is 18.4. The number of hydrogen-bond acceptors (Lipinski definition) is 4. The van der Waals surface area contributed by atoms with Crippen LogP contribution in [0.2, 0.25) is 5.02 Å². The van der Waals surface area contributed by atoms with Crippen LogP contribution in [-0.2, 0) is 11.3 Å². The van der Waals surface area contributed by atoms with E-state index in [1.807, 2.05) is 13.0 Å². The van der Waals surface area contributed by atoms with E-state index in [1.54, 1.807) is 23.1 Å². The third-order valence-electron chi connectivity index (χ3n) is 5.88. The van der Waals surface area contributed by atoms with Gasteiger partial charge in [-0.25, -0.2) is 0 Å². The van der Waals surface area contributed by atoms with Crippen molar-refractivity contribution in [3.05, 3.63) is 58.6 Å². The SMILES string of the molecule is C#Cc1cc2c(c(C)c1-c1c(O)cccc1Cl)OC[C@H]1CN(C(=O)C=C)CCN1C2. The molecule has 0 bridgehead atoms. The summed E-state index contributed by atoms with van der Waals surface area (Å²) in [5, 5.41) is 10.9. The van der Waals surface area contributed by atoms with Gasteiger partial charge in [-0.15, -0.1) is 6.42 Å². The Balaban J connectivity index is 1.76. The highest BCUT2D eigenvalue weighted by atomic mass is 35.5. The molecule has 0 aliphatic carbocycles. The lowest BCUT2D eigenvalue weighted by Crippen LogP contribution is -2.55. The molecule has 2 aromatic rings. The Morgan fingerprint density at radius 3 is 2.90 bits per heavy atom. The fraction of sp³-hybridized carbons (Fsp3) is 0.292. The number of nitrogens with zero attached hydrogens (tertiary/aromatic N) is 2. The fourth-order valence-electron chi connectivity index (χ4n) is 4.37. The van der Waals surface area contributed by atoms with Gasteiger partial charge in [0, 0.05) is 54.0 Å². The molecule has 6 heteroatoms. The van der Waals surface area contributed by atoms with Crippen molar-refractivity contribution < 1.29 is 14.6 Å². The zero-order chi connectivity index (χ0) is 21.4.